The average Bonchev–Trinajstić information content (AvgIpc) is 3.26. The molecule has 0 fully saturated rings. The summed E-state index contributed by atoms with van der Waals surface area (Å²) in [5, 5.41) is 0. The molecule has 0 bridgehead atoms. The van der Waals surface area contributed by atoms with E-state index in [1.807, 2.05) is 0 Å². The van der Waals surface area contributed by atoms with Crippen molar-refractivity contribution in [2.75, 3.05) is 13.2 Å². The molecule has 0 unspecified atom stereocenters. The third kappa shape index (κ3) is 48.0. The summed E-state index contributed by atoms with van der Waals surface area (Å²) in [6, 6.07) is 0. The first kappa shape index (κ1) is 58.1. The van der Waals surface area contributed by atoms with Gasteiger partial charge in [0.15, 0.2) is 6.10 Å². The van der Waals surface area contributed by atoms with Crippen LogP contribution in [-0.4, -0.2) is 37.2 Å². The van der Waals surface area contributed by atoms with E-state index in [4.69, 9.17) is 14.2 Å². The molecule has 0 aromatic carbocycles. The van der Waals surface area contributed by atoms with Crippen LogP contribution < -0.4 is 0 Å². The van der Waals surface area contributed by atoms with E-state index >= 15 is 0 Å². The van der Waals surface area contributed by atoms with Crippen molar-refractivity contribution in [3.05, 3.63) is 60.8 Å². The van der Waals surface area contributed by atoms with Crippen LogP contribution in [0.4, 0.5) is 0 Å². The number of hydrogen-bond acceptors (Lipinski definition) is 6. The first-order chi connectivity index (χ1) is 30.0. The van der Waals surface area contributed by atoms with Gasteiger partial charge in [0.2, 0.25) is 0 Å². The third-order valence-corrected chi connectivity index (χ3v) is 11.0. The van der Waals surface area contributed by atoms with Crippen LogP contribution in [0.15, 0.2) is 60.8 Å². The molecule has 6 nitrogen and oxygen atoms in total. The topological polar surface area (TPSA) is 78.9 Å². The number of carbonyl (C=O) groups excluding carboxylic acids is 3. The Morgan fingerprint density at radius 3 is 1.05 bits per heavy atom. The van der Waals surface area contributed by atoms with Gasteiger partial charge < -0.3 is 14.2 Å². The fraction of sp³-hybridized carbons (Fsp3) is 0.764. The summed E-state index contributed by atoms with van der Waals surface area (Å²) in [4.78, 5) is 37.9. The minimum absolute atomic E-state index is 0.0917. The van der Waals surface area contributed by atoms with Crippen LogP contribution >= 0.6 is 0 Å². The molecule has 0 aliphatic heterocycles. The van der Waals surface area contributed by atoms with Crippen molar-refractivity contribution in [2.24, 2.45) is 0 Å². The zero-order valence-electron chi connectivity index (χ0n) is 40.2. The molecule has 0 spiro atoms. The van der Waals surface area contributed by atoms with Crippen molar-refractivity contribution in [3.8, 4) is 0 Å². The highest BCUT2D eigenvalue weighted by molar-refractivity contribution is 5.71. The predicted molar refractivity (Wildman–Crippen MR) is 261 cm³/mol. The Hall–Kier alpha value is -2.89. The van der Waals surface area contributed by atoms with Gasteiger partial charge in [-0.1, -0.05) is 191 Å². The number of rotatable bonds is 46. The summed E-state index contributed by atoms with van der Waals surface area (Å²) >= 11 is 0. The molecular weight excluding hydrogens is 757 g/mol. The van der Waals surface area contributed by atoms with E-state index in [9.17, 15) is 14.4 Å². The van der Waals surface area contributed by atoms with E-state index in [-0.39, 0.29) is 31.1 Å². The van der Waals surface area contributed by atoms with Crippen molar-refractivity contribution in [2.45, 2.75) is 258 Å². The molecule has 0 amide bonds. The molecule has 0 aromatic heterocycles. The first-order valence-corrected chi connectivity index (χ1v) is 25.8. The van der Waals surface area contributed by atoms with Crippen LogP contribution in [-0.2, 0) is 28.6 Å². The lowest BCUT2D eigenvalue weighted by Crippen LogP contribution is -2.30. The highest BCUT2D eigenvalue weighted by Gasteiger charge is 2.19. The standard InChI is InChI=1S/C55H96O6/c1-4-7-10-13-16-19-22-24-26-27-29-31-34-36-39-42-45-48-54(57)60-51-52(61-55(58)49-46-43-40-37-32-21-18-15-12-9-6-3)50-59-53(56)47-44-41-38-35-33-30-28-25-23-20-17-14-11-8-5-2/h15,17-18,20,24-26,28,33,35,52H,4-14,16,19,21-23,27,29-32,34,36-51H2,1-3H3/b18-15-,20-17-,26-24-,28-25-,35-33-/t52-/m1/s1. The molecule has 61 heavy (non-hydrogen) atoms. The zero-order chi connectivity index (χ0) is 44.4. The Morgan fingerprint density at radius 1 is 0.328 bits per heavy atom. The fourth-order valence-corrected chi connectivity index (χ4v) is 7.01. The number of hydrogen-bond donors (Lipinski definition) is 0. The molecule has 6 heteroatoms. The maximum atomic E-state index is 12.7. The molecule has 0 aliphatic rings. The second-order valence-corrected chi connectivity index (χ2v) is 17.1. The van der Waals surface area contributed by atoms with Gasteiger partial charge in [0.25, 0.3) is 0 Å². The highest BCUT2D eigenvalue weighted by Crippen LogP contribution is 2.14. The van der Waals surface area contributed by atoms with E-state index in [2.05, 4.69) is 81.5 Å². The summed E-state index contributed by atoms with van der Waals surface area (Å²) in [5.74, 6) is -0.943. The molecule has 0 rings (SSSR count). The summed E-state index contributed by atoms with van der Waals surface area (Å²) in [6.07, 6.45) is 60.6. The van der Waals surface area contributed by atoms with Gasteiger partial charge in [-0.3, -0.25) is 14.4 Å². The minimum atomic E-state index is -0.794. The van der Waals surface area contributed by atoms with Gasteiger partial charge in [-0.25, -0.2) is 0 Å². The molecule has 1 atom stereocenters. The number of unbranched alkanes of at least 4 members (excludes halogenated alkanes) is 25. The second kappa shape index (κ2) is 49.8. The van der Waals surface area contributed by atoms with Gasteiger partial charge in [-0.05, 0) is 103 Å². The Labute approximate surface area is 377 Å². The van der Waals surface area contributed by atoms with Crippen LogP contribution in [0.3, 0.4) is 0 Å². The van der Waals surface area contributed by atoms with Crippen molar-refractivity contribution in [1.82, 2.24) is 0 Å². The van der Waals surface area contributed by atoms with Gasteiger partial charge in [0.1, 0.15) is 13.2 Å². The van der Waals surface area contributed by atoms with Crippen LogP contribution in [0.25, 0.3) is 0 Å². The lowest BCUT2D eigenvalue weighted by Gasteiger charge is -2.18. The van der Waals surface area contributed by atoms with Gasteiger partial charge in [-0.15, -0.1) is 0 Å². The number of ether oxygens (including phenoxy) is 3. The van der Waals surface area contributed by atoms with Crippen LogP contribution in [0, 0.1) is 0 Å². The van der Waals surface area contributed by atoms with E-state index in [0.29, 0.717) is 19.3 Å². The van der Waals surface area contributed by atoms with E-state index in [0.717, 1.165) is 83.5 Å². The molecule has 0 N–H and O–H groups in total. The van der Waals surface area contributed by atoms with Crippen molar-refractivity contribution in [3.63, 3.8) is 0 Å². The third-order valence-electron chi connectivity index (χ3n) is 11.0. The Kier molecular flexibility index (Phi) is 47.4. The Morgan fingerprint density at radius 2 is 0.607 bits per heavy atom. The Bertz CT molecular complexity index is 1120. The lowest BCUT2D eigenvalue weighted by molar-refractivity contribution is -0.167. The molecule has 0 heterocycles. The largest absolute Gasteiger partial charge is 0.462 e. The van der Waals surface area contributed by atoms with E-state index in [1.54, 1.807) is 0 Å². The van der Waals surface area contributed by atoms with E-state index < -0.39 is 6.10 Å². The van der Waals surface area contributed by atoms with Crippen molar-refractivity contribution >= 4 is 17.9 Å². The molecular formula is C55H96O6. The number of carbonyl (C=O) groups is 3. The lowest BCUT2D eigenvalue weighted by atomic mass is 10.1. The summed E-state index contributed by atoms with van der Waals surface area (Å²) < 4.78 is 16.7. The number of allylic oxidation sites excluding steroid dienone is 10. The smallest absolute Gasteiger partial charge is 0.306 e. The fourth-order valence-electron chi connectivity index (χ4n) is 7.01. The van der Waals surface area contributed by atoms with Crippen LogP contribution in [0.2, 0.25) is 0 Å². The van der Waals surface area contributed by atoms with Gasteiger partial charge in [0.05, 0.1) is 0 Å². The molecule has 0 aliphatic carbocycles. The SMILES string of the molecule is CCCC/C=C\CCCCCCCC(=O)O[C@H](COC(=O)CCCC/C=C\C/C=C\C/C=C\CCCCC)COC(=O)CCCCCCCCC/C=C\CCCCCCCC. The van der Waals surface area contributed by atoms with Gasteiger partial charge >= 0.3 is 17.9 Å². The maximum absolute atomic E-state index is 12.7. The molecule has 0 saturated carbocycles. The van der Waals surface area contributed by atoms with Crippen molar-refractivity contribution in [1.29, 1.82) is 0 Å². The van der Waals surface area contributed by atoms with E-state index in [1.165, 1.54) is 128 Å². The average molecular weight is 853 g/mol. The van der Waals surface area contributed by atoms with Crippen LogP contribution in [0.5, 0.6) is 0 Å². The van der Waals surface area contributed by atoms with Gasteiger partial charge in [0, 0.05) is 19.3 Å². The first-order valence-electron chi connectivity index (χ1n) is 25.8. The molecule has 352 valence electrons. The quantitative estimate of drug-likeness (QED) is 0.0263. The molecule has 0 saturated heterocycles. The van der Waals surface area contributed by atoms with Crippen molar-refractivity contribution < 1.29 is 28.6 Å². The molecule has 0 radical (unpaired) electrons. The zero-order valence-corrected chi connectivity index (χ0v) is 40.2. The number of esters is 3. The maximum Gasteiger partial charge on any atom is 0.306 e. The summed E-state index contributed by atoms with van der Waals surface area (Å²) in [6.45, 7) is 6.52. The van der Waals surface area contributed by atoms with Crippen LogP contribution in [0.1, 0.15) is 252 Å². The van der Waals surface area contributed by atoms with Gasteiger partial charge in [-0.2, -0.15) is 0 Å². The predicted octanol–water partition coefficient (Wildman–Crippen LogP) is 16.9. The molecule has 0 aromatic rings. The Balaban J connectivity index is 4.41. The monoisotopic (exact) mass is 853 g/mol. The minimum Gasteiger partial charge on any atom is -0.462 e. The second-order valence-electron chi connectivity index (χ2n) is 17.1. The summed E-state index contributed by atoms with van der Waals surface area (Å²) in [5.41, 5.74) is 0. The normalized spacial score (nSPS) is 12.5. The highest BCUT2D eigenvalue weighted by atomic mass is 16.6. The summed E-state index contributed by atoms with van der Waals surface area (Å²) in [7, 11) is 0.